The van der Waals surface area contributed by atoms with Crippen LogP contribution in [0.5, 0.6) is 0 Å². The Kier molecular flexibility index (Phi) is 7.51. The number of nitrogens with two attached hydrogens (primary N) is 1. The quantitative estimate of drug-likeness (QED) is 0.751. The van der Waals surface area contributed by atoms with Crippen LogP contribution >= 0.6 is 35.0 Å². The minimum atomic E-state index is -0.114. The predicted molar refractivity (Wildman–Crippen MR) is 90.0 cm³/mol. The van der Waals surface area contributed by atoms with E-state index in [1.165, 1.54) is 0 Å². The lowest BCUT2D eigenvalue weighted by molar-refractivity contribution is -0.116. The van der Waals surface area contributed by atoms with E-state index in [1.54, 1.807) is 23.9 Å². The van der Waals surface area contributed by atoms with Crippen molar-refractivity contribution in [3.63, 3.8) is 0 Å². The average Bonchev–Trinajstić information content (AvgIpc) is 2.38. The van der Waals surface area contributed by atoms with Gasteiger partial charge in [0, 0.05) is 30.3 Å². The van der Waals surface area contributed by atoms with Crippen molar-refractivity contribution in [2.45, 2.75) is 6.42 Å². The fourth-order valence-electron chi connectivity index (χ4n) is 1.58. The van der Waals surface area contributed by atoms with Crippen LogP contribution in [0.1, 0.15) is 6.42 Å². The molecule has 0 aliphatic carbocycles. The van der Waals surface area contributed by atoms with Crippen LogP contribution in [0, 0.1) is 0 Å². The van der Waals surface area contributed by atoms with Gasteiger partial charge in [-0.05, 0) is 25.4 Å². The molecule has 1 aromatic carbocycles. The van der Waals surface area contributed by atoms with Crippen molar-refractivity contribution in [3.05, 3.63) is 22.2 Å². The van der Waals surface area contributed by atoms with E-state index in [4.69, 9.17) is 28.9 Å². The molecule has 112 valence electrons. The first kappa shape index (κ1) is 17.4. The Morgan fingerprint density at radius 1 is 1.40 bits per heavy atom. The van der Waals surface area contributed by atoms with E-state index in [2.05, 4.69) is 16.5 Å². The molecule has 1 amide bonds. The standard InChI is InChI=1S/C13H19Cl2N3OS/c1-18(5-6-20-2)4-3-12(19)17-13-10(15)7-9(14)8-11(13)16/h7-8H,3-6,16H2,1-2H3,(H,17,19). The van der Waals surface area contributed by atoms with Crippen LogP contribution < -0.4 is 11.1 Å². The summed E-state index contributed by atoms with van der Waals surface area (Å²) in [6.45, 7) is 1.65. The van der Waals surface area contributed by atoms with Crippen LogP contribution in [-0.4, -0.2) is 43.0 Å². The third-order valence-electron chi connectivity index (χ3n) is 2.75. The molecule has 0 atom stereocenters. The summed E-state index contributed by atoms with van der Waals surface area (Å²) >= 11 is 13.6. The van der Waals surface area contributed by atoms with Gasteiger partial charge < -0.3 is 16.0 Å². The molecule has 0 radical (unpaired) electrons. The normalized spacial score (nSPS) is 10.8. The molecule has 0 spiro atoms. The van der Waals surface area contributed by atoms with Crippen molar-refractivity contribution in [1.82, 2.24) is 4.90 Å². The summed E-state index contributed by atoms with van der Waals surface area (Å²) in [5.41, 5.74) is 6.59. The summed E-state index contributed by atoms with van der Waals surface area (Å²) in [6, 6.07) is 3.12. The molecule has 3 N–H and O–H groups in total. The van der Waals surface area contributed by atoms with Crippen molar-refractivity contribution in [1.29, 1.82) is 0 Å². The topological polar surface area (TPSA) is 58.4 Å². The Labute approximate surface area is 134 Å². The lowest BCUT2D eigenvalue weighted by Gasteiger charge is -2.16. The van der Waals surface area contributed by atoms with E-state index in [9.17, 15) is 4.79 Å². The van der Waals surface area contributed by atoms with Gasteiger partial charge in [0.25, 0.3) is 0 Å². The van der Waals surface area contributed by atoms with Crippen molar-refractivity contribution >= 4 is 52.2 Å². The molecular formula is C13H19Cl2N3OS. The first-order valence-corrected chi connectivity index (χ1v) is 8.31. The second-order valence-corrected chi connectivity index (χ2v) is 6.28. The molecule has 0 unspecified atom stereocenters. The maximum atomic E-state index is 11.9. The molecule has 0 saturated heterocycles. The van der Waals surface area contributed by atoms with Gasteiger partial charge in [-0.1, -0.05) is 23.2 Å². The third-order valence-corrected chi connectivity index (χ3v) is 3.85. The van der Waals surface area contributed by atoms with Crippen LogP contribution in [0.15, 0.2) is 12.1 Å². The van der Waals surface area contributed by atoms with Crippen LogP contribution in [0.3, 0.4) is 0 Å². The van der Waals surface area contributed by atoms with E-state index in [1.807, 2.05) is 7.05 Å². The smallest absolute Gasteiger partial charge is 0.225 e. The summed E-state index contributed by atoms with van der Waals surface area (Å²) in [6.07, 6.45) is 2.45. The number of hydrogen-bond donors (Lipinski definition) is 2. The highest BCUT2D eigenvalue weighted by Gasteiger charge is 2.11. The maximum absolute atomic E-state index is 11.9. The van der Waals surface area contributed by atoms with Gasteiger partial charge in [-0.3, -0.25) is 4.79 Å². The summed E-state index contributed by atoms with van der Waals surface area (Å²) in [7, 11) is 1.99. The lowest BCUT2D eigenvalue weighted by Crippen LogP contribution is -2.26. The summed E-state index contributed by atoms with van der Waals surface area (Å²) in [4.78, 5) is 14.0. The second-order valence-electron chi connectivity index (χ2n) is 4.45. The fraction of sp³-hybridized carbons (Fsp3) is 0.462. The Bertz CT molecular complexity index is 448. The van der Waals surface area contributed by atoms with Gasteiger partial charge >= 0.3 is 0 Å². The predicted octanol–water partition coefficient (Wildman–Crippen LogP) is 3.20. The molecule has 0 heterocycles. The summed E-state index contributed by atoms with van der Waals surface area (Å²) in [5.74, 6) is 0.936. The summed E-state index contributed by atoms with van der Waals surface area (Å²) < 4.78 is 0. The van der Waals surface area contributed by atoms with E-state index in [0.717, 1.165) is 12.3 Å². The van der Waals surface area contributed by atoms with Gasteiger partial charge in [0.05, 0.1) is 16.4 Å². The molecule has 0 saturated carbocycles. The third kappa shape index (κ3) is 5.79. The number of nitrogens with one attached hydrogen (secondary N) is 1. The van der Waals surface area contributed by atoms with Crippen LogP contribution in [0.4, 0.5) is 11.4 Å². The zero-order valence-corrected chi connectivity index (χ0v) is 13.9. The first-order valence-electron chi connectivity index (χ1n) is 6.16. The van der Waals surface area contributed by atoms with Gasteiger partial charge in [-0.25, -0.2) is 0 Å². The molecule has 1 rings (SSSR count). The number of rotatable bonds is 7. The number of halogens is 2. The minimum Gasteiger partial charge on any atom is -0.397 e. The number of thioether (sulfide) groups is 1. The highest BCUT2D eigenvalue weighted by Crippen LogP contribution is 2.32. The van der Waals surface area contributed by atoms with Crippen LogP contribution in [-0.2, 0) is 4.79 Å². The molecule has 0 aliphatic heterocycles. The molecule has 0 aromatic heterocycles. The average molecular weight is 336 g/mol. The van der Waals surface area contributed by atoms with E-state index >= 15 is 0 Å². The molecule has 0 fully saturated rings. The molecular weight excluding hydrogens is 317 g/mol. The Morgan fingerprint density at radius 2 is 2.10 bits per heavy atom. The number of anilines is 2. The number of carbonyl (C=O) groups is 1. The van der Waals surface area contributed by atoms with Gasteiger partial charge in [-0.15, -0.1) is 0 Å². The number of nitrogen functional groups attached to an aromatic ring is 1. The van der Waals surface area contributed by atoms with Crippen molar-refractivity contribution in [2.75, 3.05) is 43.2 Å². The summed E-state index contributed by atoms with van der Waals surface area (Å²) in [5, 5.41) is 3.52. The second kappa shape index (κ2) is 8.62. The van der Waals surface area contributed by atoms with E-state index < -0.39 is 0 Å². The molecule has 7 heteroatoms. The number of nitrogens with zero attached hydrogens (tertiary/aromatic N) is 1. The molecule has 0 bridgehead atoms. The van der Waals surface area contributed by atoms with Crippen molar-refractivity contribution in [2.24, 2.45) is 0 Å². The Hall–Kier alpha value is -0.620. The number of benzene rings is 1. The number of carbonyl (C=O) groups excluding carboxylic acids is 1. The van der Waals surface area contributed by atoms with E-state index in [0.29, 0.717) is 34.4 Å². The first-order chi connectivity index (χ1) is 9.43. The highest BCUT2D eigenvalue weighted by atomic mass is 35.5. The van der Waals surface area contributed by atoms with Gasteiger partial charge in [0.2, 0.25) is 5.91 Å². The zero-order valence-electron chi connectivity index (χ0n) is 11.6. The number of amides is 1. The largest absolute Gasteiger partial charge is 0.397 e. The van der Waals surface area contributed by atoms with Gasteiger partial charge in [0.1, 0.15) is 0 Å². The van der Waals surface area contributed by atoms with Crippen LogP contribution in [0.2, 0.25) is 10.0 Å². The lowest BCUT2D eigenvalue weighted by atomic mass is 10.2. The Balaban J connectivity index is 2.51. The molecule has 1 aromatic rings. The van der Waals surface area contributed by atoms with E-state index in [-0.39, 0.29) is 5.91 Å². The van der Waals surface area contributed by atoms with Crippen LogP contribution in [0.25, 0.3) is 0 Å². The number of hydrogen-bond acceptors (Lipinski definition) is 4. The minimum absolute atomic E-state index is 0.114. The van der Waals surface area contributed by atoms with Gasteiger partial charge in [-0.2, -0.15) is 11.8 Å². The van der Waals surface area contributed by atoms with Crippen molar-refractivity contribution in [3.8, 4) is 0 Å². The highest BCUT2D eigenvalue weighted by molar-refractivity contribution is 7.98. The zero-order chi connectivity index (χ0) is 15.1. The monoisotopic (exact) mass is 335 g/mol. The SMILES string of the molecule is CSCCN(C)CCC(=O)Nc1c(N)cc(Cl)cc1Cl. The molecule has 4 nitrogen and oxygen atoms in total. The van der Waals surface area contributed by atoms with Gasteiger partial charge in [0.15, 0.2) is 0 Å². The maximum Gasteiger partial charge on any atom is 0.225 e. The molecule has 20 heavy (non-hydrogen) atoms. The molecule has 0 aliphatic rings. The fourth-order valence-corrected chi connectivity index (χ4v) is 2.63. The Morgan fingerprint density at radius 3 is 2.70 bits per heavy atom. The van der Waals surface area contributed by atoms with Crippen molar-refractivity contribution < 1.29 is 4.79 Å².